The summed E-state index contributed by atoms with van der Waals surface area (Å²) in [5.74, 6) is 2.27. The van der Waals surface area contributed by atoms with Crippen LogP contribution in [-0.4, -0.2) is 78.4 Å². The van der Waals surface area contributed by atoms with Crippen molar-refractivity contribution in [2.24, 2.45) is 45.3 Å². The predicted molar refractivity (Wildman–Crippen MR) is 160 cm³/mol. The monoisotopic (exact) mass is 601 g/mol. The first-order chi connectivity index (χ1) is 20.2. The summed E-state index contributed by atoms with van der Waals surface area (Å²) in [6, 6.07) is 0. The van der Waals surface area contributed by atoms with E-state index in [1.165, 1.54) is 45.4 Å². The lowest BCUT2D eigenvalue weighted by atomic mass is 9.46. The Balaban J connectivity index is 1.07. The van der Waals surface area contributed by atoms with Crippen LogP contribution in [0.3, 0.4) is 0 Å². The Labute approximate surface area is 257 Å². The van der Waals surface area contributed by atoms with Crippen molar-refractivity contribution in [3.63, 3.8) is 0 Å². The Morgan fingerprint density at radius 2 is 1.79 bits per heavy atom. The molecule has 5 saturated carbocycles. The van der Waals surface area contributed by atoms with Crippen molar-refractivity contribution in [3.8, 4) is 0 Å². The van der Waals surface area contributed by atoms with Crippen LogP contribution in [0.5, 0.6) is 0 Å². The standard InChI is InChI=1S/C35H55NO7/c1-21(38)41-30(32(4,5)39)25-9-7-23-26(42-25)17-24-22-8-10-27-31(2,3)28(43-29-18-36(20-37)15-16-40-29)11-12-35(27)19-34(22,35)14-13-33(23,24)6/h20,22-30,39H,7-19H2,1-6H3/t22?,23?,24?,25?,26?,27?,28-,29?,30-,33+,34?,35+/m0/s1. The number of hydrogen-bond donors (Lipinski definition) is 1. The summed E-state index contributed by atoms with van der Waals surface area (Å²) in [5.41, 5.74) is 0.114. The van der Waals surface area contributed by atoms with Gasteiger partial charge in [-0.2, -0.15) is 0 Å². The van der Waals surface area contributed by atoms with Crippen molar-refractivity contribution in [2.45, 2.75) is 142 Å². The van der Waals surface area contributed by atoms with Gasteiger partial charge in [0.25, 0.3) is 0 Å². The number of morpholine rings is 1. The highest BCUT2D eigenvalue weighted by Gasteiger charge is 2.80. The van der Waals surface area contributed by atoms with Gasteiger partial charge in [-0.05, 0) is 123 Å². The molecule has 12 atom stereocenters. The summed E-state index contributed by atoms with van der Waals surface area (Å²) < 4.78 is 25.1. The maximum Gasteiger partial charge on any atom is 0.303 e. The number of esters is 1. The molecule has 0 aromatic carbocycles. The zero-order chi connectivity index (χ0) is 30.6. The van der Waals surface area contributed by atoms with E-state index in [2.05, 4.69) is 20.8 Å². The minimum Gasteiger partial charge on any atom is -0.457 e. The first kappa shape index (κ1) is 30.4. The summed E-state index contributed by atoms with van der Waals surface area (Å²) in [7, 11) is 0. The van der Waals surface area contributed by atoms with Crippen molar-refractivity contribution in [1.82, 2.24) is 4.90 Å². The molecule has 8 nitrogen and oxygen atoms in total. The quantitative estimate of drug-likeness (QED) is 0.335. The minimum absolute atomic E-state index is 0.0725. The second-order valence-electron chi connectivity index (χ2n) is 17.0. The number of aliphatic hydroxyl groups is 1. The van der Waals surface area contributed by atoms with Crippen LogP contribution in [0.15, 0.2) is 0 Å². The molecule has 0 radical (unpaired) electrons. The van der Waals surface area contributed by atoms with Gasteiger partial charge in [-0.3, -0.25) is 9.59 Å². The average molecular weight is 602 g/mol. The molecule has 1 N–H and O–H groups in total. The molecule has 7 aliphatic rings. The number of rotatable bonds is 6. The van der Waals surface area contributed by atoms with Crippen molar-refractivity contribution in [3.05, 3.63) is 0 Å². The number of carbonyl (C=O) groups is 2. The smallest absolute Gasteiger partial charge is 0.303 e. The van der Waals surface area contributed by atoms with Crippen LogP contribution in [0.4, 0.5) is 0 Å². The number of fused-ring (bicyclic) bond motifs is 4. The summed E-state index contributed by atoms with van der Waals surface area (Å²) >= 11 is 0. The molecular weight excluding hydrogens is 546 g/mol. The first-order valence-electron chi connectivity index (χ1n) is 17.3. The van der Waals surface area contributed by atoms with Crippen molar-refractivity contribution in [2.75, 3.05) is 19.7 Å². The van der Waals surface area contributed by atoms with Gasteiger partial charge in [-0.15, -0.1) is 0 Å². The summed E-state index contributed by atoms with van der Waals surface area (Å²) in [5, 5.41) is 10.9. The summed E-state index contributed by atoms with van der Waals surface area (Å²) in [6.45, 7) is 14.1. The molecule has 2 saturated heterocycles. The highest BCUT2D eigenvalue weighted by atomic mass is 16.7. The number of hydrogen-bond acceptors (Lipinski definition) is 7. The van der Waals surface area contributed by atoms with Gasteiger partial charge in [0.2, 0.25) is 6.41 Å². The van der Waals surface area contributed by atoms with E-state index in [0.717, 1.165) is 38.0 Å². The largest absolute Gasteiger partial charge is 0.457 e. The minimum atomic E-state index is -1.15. The van der Waals surface area contributed by atoms with E-state index in [9.17, 15) is 14.7 Å². The molecule has 2 heterocycles. The van der Waals surface area contributed by atoms with Gasteiger partial charge in [0, 0.05) is 13.5 Å². The fraction of sp³-hybridized carbons (Fsp3) is 0.943. The lowest BCUT2D eigenvalue weighted by Gasteiger charge is -2.60. The number of amides is 1. The molecule has 7 fully saturated rings. The maximum atomic E-state index is 11.9. The molecule has 43 heavy (non-hydrogen) atoms. The molecule has 8 unspecified atom stereocenters. The van der Waals surface area contributed by atoms with Crippen LogP contribution >= 0.6 is 0 Å². The molecule has 1 amide bonds. The molecule has 5 aliphatic carbocycles. The normalized spacial score (nSPS) is 49.0. The molecule has 0 bridgehead atoms. The lowest BCUT2D eigenvalue weighted by molar-refractivity contribution is -0.243. The molecule has 242 valence electrons. The molecule has 8 heteroatoms. The third kappa shape index (κ3) is 4.50. The van der Waals surface area contributed by atoms with Crippen LogP contribution in [-0.2, 0) is 28.5 Å². The van der Waals surface area contributed by atoms with Crippen LogP contribution in [0, 0.1) is 45.3 Å². The highest BCUT2D eigenvalue weighted by molar-refractivity contribution is 5.66. The van der Waals surface area contributed by atoms with E-state index in [0.29, 0.717) is 53.7 Å². The van der Waals surface area contributed by atoms with Crippen molar-refractivity contribution < 1.29 is 33.6 Å². The maximum absolute atomic E-state index is 11.9. The van der Waals surface area contributed by atoms with Crippen molar-refractivity contribution >= 4 is 12.4 Å². The Morgan fingerprint density at radius 3 is 2.51 bits per heavy atom. The van der Waals surface area contributed by atoms with Gasteiger partial charge < -0.3 is 29.0 Å². The molecule has 0 aromatic heterocycles. The second kappa shape index (κ2) is 10.1. The average Bonchev–Trinajstić information content (AvgIpc) is 3.52. The Morgan fingerprint density at radius 1 is 1.02 bits per heavy atom. The van der Waals surface area contributed by atoms with E-state index in [4.69, 9.17) is 18.9 Å². The summed E-state index contributed by atoms with van der Waals surface area (Å²) in [6.07, 6.45) is 11.9. The fourth-order valence-electron chi connectivity index (χ4n) is 12.6. The van der Waals surface area contributed by atoms with Crippen LogP contribution in [0.1, 0.15) is 106 Å². The van der Waals surface area contributed by atoms with Gasteiger partial charge in [0.05, 0.1) is 37.1 Å². The summed E-state index contributed by atoms with van der Waals surface area (Å²) in [4.78, 5) is 25.1. The van der Waals surface area contributed by atoms with Gasteiger partial charge in [-0.1, -0.05) is 20.8 Å². The van der Waals surface area contributed by atoms with E-state index in [1.54, 1.807) is 18.7 Å². The van der Waals surface area contributed by atoms with Gasteiger partial charge in [-0.25, -0.2) is 0 Å². The van der Waals surface area contributed by atoms with Crippen LogP contribution in [0.25, 0.3) is 0 Å². The second-order valence-corrected chi connectivity index (χ2v) is 17.0. The van der Waals surface area contributed by atoms with E-state index >= 15 is 0 Å². The van der Waals surface area contributed by atoms with Crippen LogP contribution < -0.4 is 0 Å². The third-order valence-corrected chi connectivity index (χ3v) is 14.4. The topological polar surface area (TPSA) is 94.5 Å². The number of nitrogens with zero attached hydrogens (tertiary/aromatic N) is 1. The molecule has 7 rings (SSSR count). The predicted octanol–water partition coefficient (Wildman–Crippen LogP) is 5.10. The van der Waals surface area contributed by atoms with Crippen LogP contribution in [0.2, 0.25) is 0 Å². The Hall–Kier alpha value is -1.22. The SMILES string of the molecule is CC(=O)O[C@@H](C1CCC2C(CC3C4CCC5C(C)(C)[C@@H](OC6CN(C=O)CCO6)CC[C@@]56CC46CC[C@]23C)O1)C(C)(C)O. The fourth-order valence-corrected chi connectivity index (χ4v) is 12.6. The van der Waals surface area contributed by atoms with Gasteiger partial charge in [0.15, 0.2) is 12.4 Å². The highest BCUT2D eigenvalue weighted by Crippen LogP contribution is 2.87. The Kier molecular flexibility index (Phi) is 7.18. The van der Waals surface area contributed by atoms with Gasteiger partial charge >= 0.3 is 5.97 Å². The number of ether oxygens (including phenoxy) is 4. The van der Waals surface area contributed by atoms with Gasteiger partial charge in [0.1, 0.15) is 0 Å². The first-order valence-corrected chi connectivity index (χ1v) is 17.3. The zero-order valence-corrected chi connectivity index (χ0v) is 27.3. The number of carbonyl (C=O) groups excluding carboxylic acids is 2. The third-order valence-electron chi connectivity index (χ3n) is 14.4. The molecule has 0 aromatic rings. The Bertz CT molecular complexity index is 1120. The zero-order valence-electron chi connectivity index (χ0n) is 27.3. The van der Waals surface area contributed by atoms with E-state index in [-0.39, 0.29) is 36.0 Å². The molecule has 2 spiro atoms. The van der Waals surface area contributed by atoms with Crippen molar-refractivity contribution in [1.29, 1.82) is 0 Å². The lowest BCUT2D eigenvalue weighted by Crippen LogP contribution is -2.56. The molecule has 2 aliphatic heterocycles. The van der Waals surface area contributed by atoms with E-state index < -0.39 is 11.7 Å². The molecular formula is C35H55NO7. The van der Waals surface area contributed by atoms with E-state index in [1.807, 2.05) is 0 Å².